The number of hydrogen-bond acceptors (Lipinski definition) is 2. The van der Waals surface area contributed by atoms with E-state index < -0.39 is 29.1 Å². The summed E-state index contributed by atoms with van der Waals surface area (Å²) in [7, 11) is 1.87. The van der Waals surface area contributed by atoms with Crippen molar-refractivity contribution < 1.29 is 31.4 Å². The average molecular weight is 353 g/mol. The van der Waals surface area contributed by atoms with E-state index in [2.05, 4.69) is 0 Å². The van der Waals surface area contributed by atoms with Crippen LogP contribution in [0.3, 0.4) is 0 Å². The summed E-state index contributed by atoms with van der Waals surface area (Å²) in [6, 6.07) is 1.34. The first-order valence-corrected chi connectivity index (χ1v) is 7.64. The molecule has 0 saturated carbocycles. The van der Waals surface area contributed by atoms with Crippen molar-refractivity contribution >= 4 is 0 Å². The van der Waals surface area contributed by atoms with Gasteiger partial charge >= 0.3 is 12.4 Å². The van der Waals surface area contributed by atoms with E-state index in [-0.39, 0.29) is 36.6 Å². The Labute approximate surface area is 135 Å². The molecule has 0 aliphatic carbocycles. The topological polar surface area (TPSA) is 23.5 Å². The second-order valence-electron chi connectivity index (χ2n) is 6.78. The van der Waals surface area contributed by atoms with Gasteiger partial charge in [0, 0.05) is 12.1 Å². The maximum atomic E-state index is 13.0. The average Bonchev–Trinajstić information content (AvgIpc) is 2.69. The van der Waals surface area contributed by atoms with Gasteiger partial charge in [0.2, 0.25) is 0 Å². The fourth-order valence-electron chi connectivity index (χ4n) is 3.90. The Bertz CT molecular complexity index is 592. The van der Waals surface area contributed by atoms with E-state index in [0.717, 1.165) is 12.8 Å². The zero-order valence-electron chi connectivity index (χ0n) is 12.9. The van der Waals surface area contributed by atoms with Gasteiger partial charge in [-0.15, -0.1) is 0 Å². The molecule has 0 aromatic heterocycles. The van der Waals surface area contributed by atoms with Crippen LogP contribution in [0.1, 0.15) is 42.4 Å². The van der Waals surface area contributed by atoms with E-state index in [1.54, 1.807) is 0 Å². The lowest BCUT2D eigenvalue weighted by Crippen LogP contribution is -2.47. The molecule has 2 fully saturated rings. The second-order valence-corrected chi connectivity index (χ2v) is 6.78. The molecule has 2 atom stereocenters. The molecule has 134 valence electrons. The van der Waals surface area contributed by atoms with Crippen molar-refractivity contribution in [2.45, 2.75) is 55.7 Å². The Morgan fingerprint density at radius 2 is 1.33 bits per heavy atom. The molecule has 8 heteroatoms. The maximum absolute atomic E-state index is 13.0. The van der Waals surface area contributed by atoms with Gasteiger partial charge in [-0.3, -0.25) is 0 Å². The largest absolute Gasteiger partial charge is 0.416 e. The summed E-state index contributed by atoms with van der Waals surface area (Å²) in [5, 5.41) is 10.9. The van der Waals surface area contributed by atoms with Gasteiger partial charge in [-0.05, 0) is 56.5 Å². The van der Waals surface area contributed by atoms with Gasteiger partial charge < -0.3 is 10.0 Å². The van der Waals surface area contributed by atoms with Crippen LogP contribution >= 0.6 is 0 Å². The number of aliphatic hydroxyl groups is 1. The number of nitrogens with zero attached hydrogens (tertiary/aromatic N) is 1. The number of benzene rings is 1. The monoisotopic (exact) mass is 353 g/mol. The lowest BCUT2D eigenvalue weighted by molar-refractivity contribution is -0.143. The maximum Gasteiger partial charge on any atom is 0.416 e. The normalized spacial score (nSPS) is 31.5. The summed E-state index contributed by atoms with van der Waals surface area (Å²) >= 11 is 0. The van der Waals surface area contributed by atoms with Crippen molar-refractivity contribution in [1.29, 1.82) is 0 Å². The van der Waals surface area contributed by atoms with E-state index in [9.17, 15) is 31.4 Å². The molecular weight excluding hydrogens is 336 g/mol. The summed E-state index contributed by atoms with van der Waals surface area (Å²) in [5.74, 6) is 0. The van der Waals surface area contributed by atoms with Gasteiger partial charge in [0.25, 0.3) is 0 Å². The van der Waals surface area contributed by atoms with Crippen LogP contribution in [-0.4, -0.2) is 29.1 Å². The summed E-state index contributed by atoms with van der Waals surface area (Å²) in [4.78, 5) is 2.05. The SMILES string of the molecule is CN1C2CCC1CC(O)(c1cc(C(F)(F)F)cc(C(F)(F)F)c1)C2. The van der Waals surface area contributed by atoms with Crippen molar-refractivity contribution in [3.8, 4) is 0 Å². The zero-order valence-corrected chi connectivity index (χ0v) is 12.9. The first-order chi connectivity index (χ1) is 10.9. The smallest absolute Gasteiger partial charge is 0.385 e. The number of rotatable bonds is 1. The molecular formula is C16H17F6NO. The van der Waals surface area contributed by atoms with E-state index in [4.69, 9.17) is 0 Å². The minimum atomic E-state index is -4.91. The van der Waals surface area contributed by atoms with Crippen molar-refractivity contribution in [3.05, 3.63) is 34.9 Å². The van der Waals surface area contributed by atoms with Crippen molar-refractivity contribution in [2.75, 3.05) is 7.05 Å². The van der Waals surface area contributed by atoms with Crippen molar-refractivity contribution in [2.24, 2.45) is 0 Å². The van der Waals surface area contributed by atoms with Crippen LogP contribution in [-0.2, 0) is 18.0 Å². The van der Waals surface area contributed by atoms with Crippen LogP contribution in [0.5, 0.6) is 0 Å². The standard InChI is InChI=1S/C16H17F6NO/c1-23-12-2-3-13(23)8-14(24,7-12)9-4-10(15(17,18)19)6-11(5-9)16(20,21)22/h4-6,12-13,24H,2-3,7-8H2,1H3. The highest BCUT2D eigenvalue weighted by Crippen LogP contribution is 2.47. The number of alkyl halides is 6. The second kappa shape index (κ2) is 5.36. The number of piperidine rings is 1. The minimum absolute atomic E-state index is 0.0300. The van der Waals surface area contributed by atoms with Crippen LogP contribution in [0.15, 0.2) is 18.2 Å². The highest BCUT2D eigenvalue weighted by Gasteiger charge is 2.48. The molecule has 1 aromatic rings. The van der Waals surface area contributed by atoms with Gasteiger partial charge in [-0.25, -0.2) is 0 Å². The Hall–Kier alpha value is -1.28. The molecule has 2 aliphatic rings. The molecule has 2 unspecified atom stereocenters. The summed E-state index contributed by atoms with van der Waals surface area (Å²) in [6.45, 7) is 0. The van der Waals surface area contributed by atoms with E-state index in [1.165, 1.54) is 0 Å². The van der Waals surface area contributed by atoms with Crippen molar-refractivity contribution in [1.82, 2.24) is 4.90 Å². The Morgan fingerprint density at radius 1 is 0.917 bits per heavy atom. The molecule has 2 nitrogen and oxygen atoms in total. The fourth-order valence-corrected chi connectivity index (χ4v) is 3.90. The van der Waals surface area contributed by atoms with Crippen LogP contribution in [0.4, 0.5) is 26.3 Å². The first kappa shape index (κ1) is 17.5. The summed E-state index contributed by atoms with van der Waals surface area (Å²) in [6.07, 6.45) is -7.96. The van der Waals surface area contributed by atoms with Gasteiger partial charge in [0.1, 0.15) is 0 Å². The molecule has 0 amide bonds. The quantitative estimate of drug-likeness (QED) is 0.766. The van der Waals surface area contributed by atoms with Crippen LogP contribution in [0.25, 0.3) is 0 Å². The third kappa shape index (κ3) is 3.01. The minimum Gasteiger partial charge on any atom is -0.385 e. The molecule has 3 rings (SSSR count). The molecule has 0 radical (unpaired) electrons. The predicted molar refractivity (Wildman–Crippen MR) is 74.1 cm³/mol. The van der Waals surface area contributed by atoms with Gasteiger partial charge in [-0.1, -0.05) is 0 Å². The van der Waals surface area contributed by atoms with Crippen LogP contribution in [0.2, 0.25) is 0 Å². The summed E-state index contributed by atoms with van der Waals surface area (Å²) in [5.41, 5.74) is -4.73. The van der Waals surface area contributed by atoms with E-state index >= 15 is 0 Å². The number of hydrogen-bond donors (Lipinski definition) is 1. The molecule has 2 heterocycles. The van der Waals surface area contributed by atoms with Gasteiger partial charge in [0.05, 0.1) is 16.7 Å². The zero-order chi connectivity index (χ0) is 17.9. The third-order valence-electron chi connectivity index (χ3n) is 5.26. The van der Waals surface area contributed by atoms with Crippen LogP contribution in [0, 0.1) is 0 Å². The molecule has 2 bridgehead atoms. The third-order valence-corrected chi connectivity index (χ3v) is 5.26. The molecule has 1 N–H and O–H groups in total. The molecule has 2 saturated heterocycles. The van der Waals surface area contributed by atoms with E-state index in [1.807, 2.05) is 11.9 Å². The molecule has 0 spiro atoms. The van der Waals surface area contributed by atoms with Gasteiger partial charge in [-0.2, -0.15) is 26.3 Å². The molecule has 1 aromatic carbocycles. The molecule has 2 aliphatic heterocycles. The predicted octanol–water partition coefficient (Wildman–Crippen LogP) is 4.17. The number of halogens is 6. The summed E-state index contributed by atoms with van der Waals surface area (Å²) < 4.78 is 78.0. The molecule has 24 heavy (non-hydrogen) atoms. The Kier molecular flexibility index (Phi) is 3.92. The Morgan fingerprint density at radius 3 is 1.71 bits per heavy atom. The Balaban J connectivity index is 2.07. The van der Waals surface area contributed by atoms with Crippen molar-refractivity contribution in [3.63, 3.8) is 0 Å². The first-order valence-electron chi connectivity index (χ1n) is 7.64. The van der Waals surface area contributed by atoms with Crippen LogP contribution < -0.4 is 0 Å². The van der Waals surface area contributed by atoms with E-state index in [0.29, 0.717) is 12.1 Å². The highest BCUT2D eigenvalue weighted by molar-refractivity contribution is 5.37. The van der Waals surface area contributed by atoms with Gasteiger partial charge in [0.15, 0.2) is 0 Å². The lowest BCUT2D eigenvalue weighted by Gasteiger charge is -2.42. The lowest BCUT2D eigenvalue weighted by atomic mass is 9.79. The number of fused-ring (bicyclic) bond motifs is 2. The fraction of sp³-hybridized carbons (Fsp3) is 0.625. The highest BCUT2D eigenvalue weighted by atomic mass is 19.4.